The average molecular weight is 298 g/mol. The number of fused-ring (bicyclic) bond motifs is 5. The lowest BCUT2D eigenvalue weighted by atomic mass is 9.65. The molecule has 0 heterocycles. The average Bonchev–Trinajstić information content (AvgIpc) is 2.82. The van der Waals surface area contributed by atoms with Crippen LogP contribution in [-0.2, 0) is 6.42 Å². The number of aromatic hydroxyl groups is 1. The van der Waals surface area contributed by atoms with Gasteiger partial charge in [0.05, 0.1) is 13.2 Å². The highest BCUT2D eigenvalue weighted by Crippen LogP contribution is 2.57. The molecule has 0 bridgehead atoms. The van der Waals surface area contributed by atoms with Crippen molar-refractivity contribution in [3.8, 4) is 11.5 Å². The van der Waals surface area contributed by atoms with E-state index in [0.29, 0.717) is 5.92 Å². The lowest BCUT2D eigenvalue weighted by Crippen LogP contribution is -2.35. The van der Waals surface area contributed by atoms with Crippen LogP contribution in [0.3, 0.4) is 0 Å². The molecule has 3 heteroatoms. The van der Waals surface area contributed by atoms with E-state index in [4.69, 9.17) is 4.74 Å². The molecule has 4 rings (SSSR count). The SMILES string of the molecule is COc1cc2c(c3ccc(O)cc13)CCC1(C)C(O)CCC21. The zero-order valence-electron chi connectivity index (χ0n) is 13.1. The number of aryl methyl sites for hydroxylation is 1. The van der Waals surface area contributed by atoms with E-state index in [0.717, 1.165) is 36.8 Å². The first-order chi connectivity index (χ1) is 10.5. The summed E-state index contributed by atoms with van der Waals surface area (Å²) in [4.78, 5) is 0. The molecular weight excluding hydrogens is 276 g/mol. The topological polar surface area (TPSA) is 49.7 Å². The second-order valence-electron chi connectivity index (χ2n) is 7.03. The summed E-state index contributed by atoms with van der Waals surface area (Å²) in [5.74, 6) is 1.48. The Balaban J connectivity index is 1.99. The van der Waals surface area contributed by atoms with Gasteiger partial charge in [0.1, 0.15) is 11.5 Å². The van der Waals surface area contributed by atoms with Gasteiger partial charge in [-0.15, -0.1) is 0 Å². The number of aliphatic hydroxyl groups is 1. The van der Waals surface area contributed by atoms with Gasteiger partial charge in [-0.25, -0.2) is 0 Å². The van der Waals surface area contributed by atoms with Gasteiger partial charge in [-0.1, -0.05) is 13.0 Å². The second kappa shape index (κ2) is 4.63. The van der Waals surface area contributed by atoms with Crippen molar-refractivity contribution in [3.63, 3.8) is 0 Å². The third-order valence-electron chi connectivity index (χ3n) is 6.02. The number of phenolic OH excluding ortho intramolecular Hbond substituents is 1. The number of methoxy groups -OCH3 is 1. The Morgan fingerprint density at radius 3 is 2.77 bits per heavy atom. The lowest BCUT2D eigenvalue weighted by Gasteiger charge is -2.40. The van der Waals surface area contributed by atoms with Crippen molar-refractivity contribution in [1.82, 2.24) is 0 Å². The van der Waals surface area contributed by atoms with Crippen LogP contribution in [0.15, 0.2) is 24.3 Å². The summed E-state index contributed by atoms with van der Waals surface area (Å²) in [7, 11) is 1.68. The maximum Gasteiger partial charge on any atom is 0.127 e. The van der Waals surface area contributed by atoms with Crippen LogP contribution in [0, 0.1) is 5.41 Å². The third-order valence-corrected chi connectivity index (χ3v) is 6.02. The Labute approximate surface area is 130 Å². The fourth-order valence-corrected chi connectivity index (χ4v) is 4.68. The van der Waals surface area contributed by atoms with Crippen molar-refractivity contribution in [1.29, 1.82) is 0 Å². The Morgan fingerprint density at radius 2 is 2.00 bits per heavy atom. The number of hydrogen-bond acceptors (Lipinski definition) is 3. The molecule has 3 unspecified atom stereocenters. The summed E-state index contributed by atoms with van der Waals surface area (Å²) >= 11 is 0. The van der Waals surface area contributed by atoms with Crippen molar-refractivity contribution in [2.75, 3.05) is 7.11 Å². The largest absolute Gasteiger partial charge is 0.508 e. The highest BCUT2D eigenvalue weighted by atomic mass is 16.5. The highest BCUT2D eigenvalue weighted by Gasteiger charge is 2.49. The van der Waals surface area contributed by atoms with Crippen LogP contribution in [0.25, 0.3) is 10.8 Å². The summed E-state index contributed by atoms with van der Waals surface area (Å²) in [6, 6.07) is 7.67. The van der Waals surface area contributed by atoms with E-state index in [1.54, 1.807) is 19.2 Å². The molecule has 0 spiro atoms. The molecule has 3 nitrogen and oxygen atoms in total. The molecule has 2 N–H and O–H groups in total. The van der Waals surface area contributed by atoms with E-state index in [9.17, 15) is 10.2 Å². The molecular formula is C19H22O3. The predicted octanol–water partition coefficient (Wildman–Crippen LogP) is 3.74. The fourth-order valence-electron chi connectivity index (χ4n) is 4.68. The van der Waals surface area contributed by atoms with Gasteiger partial charge in [0.2, 0.25) is 0 Å². The van der Waals surface area contributed by atoms with Gasteiger partial charge >= 0.3 is 0 Å². The number of benzene rings is 2. The van der Waals surface area contributed by atoms with E-state index >= 15 is 0 Å². The van der Waals surface area contributed by atoms with E-state index in [1.165, 1.54) is 16.5 Å². The van der Waals surface area contributed by atoms with E-state index in [-0.39, 0.29) is 17.3 Å². The summed E-state index contributed by atoms with van der Waals surface area (Å²) in [5.41, 5.74) is 2.69. The van der Waals surface area contributed by atoms with Crippen LogP contribution >= 0.6 is 0 Å². The second-order valence-corrected chi connectivity index (χ2v) is 7.03. The van der Waals surface area contributed by atoms with Gasteiger partial charge in [0.25, 0.3) is 0 Å². The number of phenols is 1. The third kappa shape index (κ3) is 1.72. The Kier molecular flexibility index (Phi) is 2.92. The number of hydrogen-bond donors (Lipinski definition) is 2. The Hall–Kier alpha value is -1.74. The van der Waals surface area contributed by atoms with Gasteiger partial charge in [-0.3, -0.25) is 0 Å². The minimum atomic E-state index is -0.202. The first kappa shape index (κ1) is 13.9. The maximum atomic E-state index is 10.4. The van der Waals surface area contributed by atoms with Gasteiger partial charge in [0.15, 0.2) is 0 Å². The standard InChI is InChI=1S/C19H22O3/c1-19-8-7-13-12-4-3-11(20)9-15(12)17(22-2)10-14(13)16(19)5-6-18(19)21/h3-4,9-10,16,18,20-21H,5-8H2,1-2H3. The number of rotatable bonds is 1. The fraction of sp³-hybridized carbons (Fsp3) is 0.474. The molecule has 1 saturated carbocycles. The zero-order valence-corrected chi connectivity index (χ0v) is 13.1. The number of ether oxygens (including phenoxy) is 1. The lowest BCUT2D eigenvalue weighted by molar-refractivity contribution is 0.0458. The molecule has 0 radical (unpaired) electrons. The molecule has 0 aliphatic heterocycles. The number of aliphatic hydroxyl groups excluding tert-OH is 1. The Bertz CT molecular complexity index is 752. The van der Waals surface area contributed by atoms with E-state index < -0.39 is 0 Å². The van der Waals surface area contributed by atoms with Crippen molar-refractivity contribution in [3.05, 3.63) is 35.4 Å². The minimum absolute atomic E-state index is 0.0113. The van der Waals surface area contributed by atoms with Crippen molar-refractivity contribution in [2.24, 2.45) is 5.41 Å². The maximum absolute atomic E-state index is 10.4. The van der Waals surface area contributed by atoms with Gasteiger partial charge in [-0.05, 0) is 66.3 Å². The predicted molar refractivity (Wildman–Crippen MR) is 86.6 cm³/mol. The summed E-state index contributed by atoms with van der Waals surface area (Å²) < 4.78 is 5.58. The highest BCUT2D eigenvalue weighted by molar-refractivity contribution is 5.93. The normalized spacial score (nSPS) is 30.1. The molecule has 2 aromatic carbocycles. The molecule has 3 atom stereocenters. The van der Waals surface area contributed by atoms with E-state index in [1.807, 2.05) is 6.07 Å². The molecule has 0 amide bonds. The van der Waals surface area contributed by atoms with Crippen LogP contribution in [-0.4, -0.2) is 23.4 Å². The molecule has 2 aliphatic carbocycles. The van der Waals surface area contributed by atoms with Crippen LogP contribution in [0.4, 0.5) is 0 Å². The van der Waals surface area contributed by atoms with Crippen LogP contribution < -0.4 is 4.74 Å². The molecule has 116 valence electrons. The van der Waals surface area contributed by atoms with E-state index in [2.05, 4.69) is 13.0 Å². The minimum Gasteiger partial charge on any atom is -0.508 e. The molecule has 22 heavy (non-hydrogen) atoms. The smallest absolute Gasteiger partial charge is 0.127 e. The van der Waals surface area contributed by atoms with Crippen LogP contribution in [0.1, 0.15) is 43.2 Å². The van der Waals surface area contributed by atoms with Crippen molar-refractivity contribution in [2.45, 2.75) is 44.6 Å². The molecule has 2 aromatic rings. The zero-order chi connectivity index (χ0) is 15.5. The monoisotopic (exact) mass is 298 g/mol. The van der Waals surface area contributed by atoms with Gasteiger partial charge < -0.3 is 14.9 Å². The first-order valence-electron chi connectivity index (χ1n) is 8.05. The summed E-state index contributed by atoms with van der Waals surface area (Å²) in [5, 5.41) is 22.4. The van der Waals surface area contributed by atoms with Gasteiger partial charge in [-0.2, -0.15) is 0 Å². The summed E-state index contributed by atoms with van der Waals surface area (Å²) in [6.07, 6.45) is 3.72. The van der Waals surface area contributed by atoms with Crippen LogP contribution in [0.5, 0.6) is 11.5 Å². The van der Waals surface area contributed by atoms with Crippen molar-refractivity contribution < 1.29 is 14.9 Å². The van der Waals surface area contributed by atoms with Crippen molar-refractivity contribution >= 4 is 10.8 Å². The molecule has 0 saturated heterocycles. The first-order valence-corrected chi connectivity index (χ1v) is 8.05. The molecule has 0 aromatic heterocycles. The quantitative estimate of drug-likeness (QED) is 0.843. The Morgan fingerprint density at radius 1 is 1.18 bits per heavy atom. The molecule has 1 fully saturated rings. The molecule has 2 aliphatic rings. The van der Waals surface area contributed by atoms with Gasteiger partial charge in [0, 0.05) is 10.8 Å². The summed E-state index contributed by atoms with van der Waals surface area (Å²) in [6.45, 7) is 2.23. The van der Waals surface area contributed by atoms with Crippen LogP contribution in [0.2, 0.25) is 0 Å².